The Bertz CT molecular complexity index is 717. The Morgan fingerprint density at radius 1 is 1.09 bits per heavy atom. The lowest BCUT2D eigenvalue weighted by Crippen LogP contribution is -1.98. The molecule has 0 saturated carbocycles. The van der Waals surface area contributed by atoms with Crippen LogP contribution in [0.3, 0.4) is 0 Å². The third-order valence-electron chi connectivity index (χ3n) is 3.23. The first kappa shape index (κ1) is 16.4. The highest BCUT2D eigenvalue weighted by atomic mass is 16.5. The first-order valence-corrected chi connectivity index (χ1v) is 7.11. The number of aromatic carboxylic acids is 1. The van der Waals surface area contributed by atoms with E-state index in [0.717, 1.165) is 11.1 Å². The predicted octanol–water partition coefficient (Wildman–Crippen LogP) is 3.67. The molecule has 0 unspecified atom stereocenters. The fraction of sp³-hybridized carbons (Fsp3) is 0.167. The highest BCUT2D eigenvalue weighted by Gasteiger charge is 2.13. The van der Waals surface area contributed by atoms with Crippen molar-refractivity contribution in [3.63, 3.8) is 0 Å². The summed E-state index contributed by atoms with van der Waals surface area (Å²) in [4.78, 5) is 10.8. The summed E-state index contributed by atoms with van der Waals surface area (Å²) in [5.74, 6) is -0.190. The first-order chi connectivity index (χ1) is 11.1. The fourth-order valence-electron chi connectivity index (χ4n) is 2.11. The van der Waals surface area contributed by atoms with E-state index in [-0.39, 0.29) is 17.1 Å². The largest absolute Gasteiger partial charge is 0.504 e. The van der Waals surface area contributed by atoms with Gasteiger partial charge in [-0.15, -0.1) is 0 Å². The van der Waals surface area contributed by atoms with E-state index in [1.165, 1.54) is 13.2 Å². The van der Waals surface area contributed by atoms with E-state index < -0.39 is 5.97 Å². The number of carbonyl (C=O) groups is 1. The molecule has 0 radical (unpaired) electrons. The van der Waals surface area contributed by atoms with Crippen LogP contribution in [0.5, 0.6) is 17.2 Å². The van der Waals surface area contributed by atoms with Crippen LogP contribution in [-0.4, -0.2) is 29.9 Å². The van der Waals surface area contributed by atoms with Gasteiger partial charge < -0.3 is 19.7 Å². The van der Waals surface area contributed by atoms with Gasteiger partial charge in [0.1, 0.15) is 0 Å². The smallest absolute Gasteiger partial charge is 0.335 e. The molecule has 0 aromatic heterocycles. The number of ether oxygens (including phenoxy) is 2. The molecule has 2 rings (SSSR count). The van der Waals surface area contributed by atoms with E-state index >= 15 is 0 Å². The zero-order valence-corrected chi connectivity index (χ0v) is 12.9. The average Bonchev–Trinajstić information content (AvgIpc) is 2.55. The van der Waals surface area contributed by atoms with Crippen LogP contribution >= 0.6 is 0 Å². The molecule has 120 valence electrons. The van der Waals surface area contributed by atoms with Crippen molar-refractivity contribution in [2.75, 3.05) is 13.7 Å². The standard InChI is InChI=1S/C18H18O5/c1-3-23-16-13(10-11-15(19)17(16)22-2)7-4-12-5-8-14(9-6-12)18(20)21/h4-11,19H,3H2,1-2H3,(H,20,21). The molecule has 0 fully saturated rings. The van der Waals surface area contributed by atoms with Gasteiger partial charge in [0, 0.05) is 5.56 Å². The topological polar surface area (TPSA) is 76.0 Å². The lowest BCUT2D eigenvalue weighted by Gasteiger charge is -2.13. The van der Waals surface area contributed by atoms with Gasteiger partial charge in [-0.2, -0.15) is 0 Å². The third-order valence-corrected chi connectivity index (χ3v) is 3.23. The van der Waals surface area contributed by atoms with Crippen LogP contribution < -0.4 is 9.47 Å². The van der Waals surface area contributed by atoms with Crippen molar-refractivity contribution < 1.29 is 24.5 Å². The summed E-state index contributed by atoms with van der Waals surface area (Å²) in [6.45, 7) is 2.29. The number of hydrogen-bond donors (Lipinski definition) is 2. The summed E-state index contributed by atoms with van der Waals surface area (Å²) in [6.07, 6.45) is 3.66. The van der Waals surface area contributed by atoms with Crippen molar-refractivity contribution in [1.82, 2.24) is 0 Å². The van der Waals surface area contributed by atoms with Crippen molar-refractivity contribution in [2.24, 2.45) is 0 Å². The molecule has 2 aromatic rings. The Balaban J connectivity index is 2.33. The maximum Gasteiger partial charge on any atom is 0.335 e. The second-order valence-electron chi connectivity index (χ2n) is 4.73. The molecule has 2 N–H and O–H groups in total. The van der Waals surface area contributed by atoms with Gasteiger partial charge in [0.15, 0.2) is 11.5 Å². The van der Waals surface area contributed by atoms with Crippen LogP contribution in [0.15, 0.2) is 36.4 Å². The highest BCUT2D eigenvalue weighted by molar-refractivity contribution is 5.88. The molecule has 0 heterocycles. The molecule has 5 nitrogen and oxygen atoms in total. The summed E-state index contributed by atoms with van der Waals surface area (Å²) in [5.41, 5.74) is 1.84. The van der Waals surface area contributed by atoms with Gasteiger partial charge in [-0.1, -0.05) is 24.3 Å². The van der Waals surface area contributed by atoms with Crippen LogP contribution in [0.1, 0.15) is 28.4 Å². The van der Waals surface area contributed by atoms with Crippen LogP contribution in [0.25, 0.3) is 12.2 Å². The molecule has 0 aliphatic rings. The number of benzene rings is 2. The normalized spacial score (nSPS) is 10.7. The number of phenols is 1. The molecule has 0 aliphatic heterocycles. The Labute approximate surface area is 134 Å². The zero-order valence-electron chi connectivity index (χ0n) is 12.9. The van der Waals surface area contributed by atoms with Gasteiger partial charge in [0.05, 0.1) is 19.3 Å². The van der Waals surface area contributed by atoms with Crippen molar-refractivity contribution in [2.45, 2.75) is 6.92 Å². The minimum absolute atomic E-state index is 0.0129. The van der Waals surface area contributed by atoms with E-state index in [9.17, 15) is 9.90 Å². The summed E-state index contributed by atoms with van der Waals surface area (Å²) < 4.78 is 10.8. The first-order valence-electron chi connectivity index (χ1n) is 7.11. The van der Waals surface area contributed by atoms with Gasteiger partial charge in [-0.25, -0.2) is 4.79 Å². The van der Waals surface area contributed by atoms with Crippen molar-refractivity contribution in [1.29, 1.82) is 0 Å². The number of carboxylic acid groups (broad SMARTS) is 1. The molecule has 0 aliphatic carbocycles. The summed E-state index contributed by atoms with van der Waals surface area (Å²) in [5, 5.41) is 18.7. The third kappa shape index (κ3) is 3.83. The molecule has 0 atom stereocenters. The second kappa shape index (κ2) is 7.35. The van der Waals surface area contributed by atoms with Gasteiger partial charge in [0.25, 0.3) is 0 Å². The Morgan fingerprint density at radius 3 is 2.35 bits per heavy atom. The van der Waals surface area contributed by atoms with E-state index in [0.29, 0.717) is 12.4 Å². The van der Waals surface area contributed by atoms with Gasteiger partial charge in [-0.05, 0) is 36.8 Å². The minimum atomic E-state index is -0.956. The Hall–Kier alpha value is -2.95. The Morgan fingerprint density at radius 2 is 1.78 bits per heavy atom. The van der Waals surface area contributed by atoms with Crippen molar-refractivity contribution in [3.05, 3.63) is 53.1 Å². The molecule has 23 heavy (non-hydrogen) atoms. The van der Waals surface area contributed by atoms with Crippen LogP contribution in [-0.2, 0) is 0 Å². The minimum Gasteiger partial charge on any atom is -0.504 e. The monoisotopic (exact) mass is 314 g/mol. The lowest BCUT2D eigenvalue weighted by molar-refractivity contribution is 0.0697. The molecule has 2 aromatic carbocycles. The van der Waals surface area contributed by atoms with E-state index in [4.69, 9.17) is 14.6 Å². The van der Waals surface area contributed by atoms with E-state index in [1.54, 1.807) is 30.3 Å². The van der Waals surface area contributed by atoms with Crippen molar-refractivity contribution >= 4 is 18.1 Å². The van der Waals surface area contributed by atoms with Gasteiger partial charge in [-0.3, -0.25) is 0 Å². The maximum absolute atomic E-state index is 10.8. The maximum atomic E-state index is 10.8. The van der Waals surface area contributed by atoms with E-state index in [1.807, 2.05) is 19.1 Å². The van der Waals surface area contributed by atoms with E-state index in [2.05, 4.69) is 0 Å². The molecule has 0 saturated heterocycles. The summed E-state index contributed by atoms with van der Waals surface area (Å²) >= 11 is 0. The number of phenolic OH excluding ortho intramolecular Hbond substituents is 1. The predicted molar refractivity (Wildman–Crippen MR) is 88.2 cm³/mol. The van der Waals surface area contributed by atoms with Crippen LogP contribution in [0, 0.1) is 0 Å². The SMILES string of the molecule is CCOc1c(C=Cc2ccc(C(=O)O)cc2)ccc(O)c1OC. The number of aromatic hydroxyl groups is 1. The Kier molecular flexibility index (Phi) is 5.25. The number of methoxy groups -OCH3 is 1. The van der Waals surface area contributed by atoms with Gasteiger partial charge >= 0.3 is 5.97 Å². The highest BCUT2D eigenvalue weighted by Crippen LogP contribution is 2.40. The number of rotatable bonds is 6. The number of carboxylic acids is 1. The van der Waals surface area contributed by atoms with Gasteiger partial charge in [0.2, 0.25) is 5.75 Å². The molecule has 0 bridgehead atoms. The summed E-state index contributed by atoms with van der Waals surface area (Å²) in [7, 11) is 1.47. The molecule has 0 spiro atoms. The van der Waals surface area contributed by atoms with Crippen molar-refractivity contribution in [3.8, 4) is 17.2 Å². The quantitative estimate of drug-likeness (QED) is 0.796. The molecular formula is C18H18O5. The summed E-state index contributed by atoms with van der Waals surface area (Å²) in [6, 6.07) is 9.79. The molecular weight excluding hydrogens is 296 g/mol. The van der Waals surface area contributed by atoms with Crippen LogP contribution in [0.2, 0.25) is 0 Å². The molecule has 5 heteroatoms. The second-order valence-corrected chi connectivity index (χ2v) is 4.73. The fourth-order valence-corrected chi connectivity index (χ4v) is 2.11. The molecule has 0 amide bonds. The lowest BCUT2D eigenvalue weighted by atomic mass is 10.1. The van der Waals surface area contributed by atoms with Crippen LogP contribution in [0.4, 0.5) is 0 Å². The zero-order chi connectivity index (χ0) is 16.8. The average molecular weight is 314 g/mol. The number of hydrogen-bond acceptors (Lipinski definition) is 4.